The number of aliphatic hydroxyl groups is 1. The van der Waals surface area contributed by atoms with Crippen LogP contribution in [0.15, 0.2) is 0 Å². The monoisotopic (exact) mass is 372 g/mol. The zero-order valence-electron chi connectivity index (χ0n) is 16.1. The minimum Gasteiger partial charge on any atom is -0.748 e. The van der Waals surface area contributed by atoms with Crippen molar-refractivity contribution in [2.24, 2.45) is 5.92 Å². The van der Waals surface area contributed by atoms with Gasteiger partial charge in [-0.25, -0.2) is 8.42 Å². The Morgan fingerprint density at radius 2 is 1.17 bits per heavy atom. The van der Waals surface area contributed by atoms with E-state index in [9.17, 15) is 18.1 Å². The molecule has 0 aromatic carbocycles. The summed E-state index contributed by atoms with van der Waals surface area (Å²) in [5, 5.41) is 10.1. The van der Waals surface area contributed by atoms with Gasteiger partial charge in [0.25, 0.3) is 0 Å². The van der Waals surface area contributed by atoms with Gasteiger partial charge in [0.15, 0.2) is 0 Å². The fraction of sp³-hybridized carbons (Fsp3) is 1.00. The van der Waals surface area contributed by atoms with Crippen molar-refractivity contribution in [3.63, 3.8) is 0 Å². The van der Waals surface area contributed by atoms with Gasteiger partial charge in [0.2, 0.25) is 0 Å². The van der Waals surface area contributed by atoms with Gasteiger partial charge in [0.05, 0.1) is 22.0 Å². The summed E-state index contributed by atoms with van der Waals surface area (Å²) in [4.78, 5) is 0. The van der Waals surface area contributed by atoms with Gasteiger partial charge in [0, 0.05) is 0 Å². The van der Waals surface area contributed by atoms with Crippen molar-refractivity contribution in [1.29, 1.82) is 0 Å². The average Bonchev–Trinajstić information content (AvgIpc) is 2.46. The van der Waals surface area contributed by atoms with Crippen LogP contribution in [0.25, 0.3) is 0 Å². The van der Waals surface area contributed by atoms with Crippen molar-refractivity contribution in [2.75, 3.05) is 5.75 Å². The summed E-state index contributed by atoms with van der Waals surface area (Å²) in [6.07, 6.45) is 13.6. The van der Waals surface area contributed by atoms with Gasteiger partial charge >= 0.3 is 29.6 Å². The van der Waals surface area contributed by atoms with E-state index in [1.807, 2.05) is 0 Å². The van der Waals surface area contributed by atoms with Crippen molar-refractivity contribution in [2.45, 2.75) is 103 Å². The largest absolute Gasteiger partial charge is 1.00 e. The SMILES string of the molecule is CCCCCCCCCCC(CCCCC)C(O)CS(=O)(=O)[O-].[Na+]. The first-order valence-electron chi connectivity index (χ1n) is 9.52. The van der Waals surface area contributed by atoms with Gasteiger partial charge in [-0.05, 0) is 18.8 Å². The third-order valence-corrected chi connectivity index (χ3v) is 5.28. The van der Waals surface area contributed by atoms with E-state index >= 15 is 0 Å². The molecular weight excluding hydrogens is 335 g/mol. The molecule has 0 bridgehead atoms. The first-order valence-corrected chi connectivity index (χ1v) is 11.1. The molecule has 0 aliphatic heterocycles. The van der Waals surface area contributed by atoms with E-state index in [0.29, 0.717) is 0 Å². The van der Waals surface area contributed by atoms with Gasteiger partial charge in [-0.15, -0.1) is 0 Å². The van der Waals surface area contributed by atoms with Crippen LogP contribution in [0, 0.1) is 5.92 Å². The predicted octanol–water partition coefficient (Wildman–Crippen LogP) is 1.62. The second kappa shape index (κ2) is 17.3. The first kappa shape index (κ1) is 27.1. The topological polar surface area (TPSA) is 77.4 Å². The third kappa shape index (κ3) is 17.7. The van der Waals surface area contributed by atoms with Crippen LogP contribution in [-0.2, 0) is 10.1 Å². The molecule has 0 amide bonds. The smallest absolute Gasteiger partial charge is 0.748 e. The Bertz CT molecular complexity index is 360. The second-order valence-corrected chi connectivity index (χ2v) is 8.26. The molecule has 140 valence electrons. The normalized spacial score (nSPS) is 14.2. The summed E-state index contributed by atoms with van der Waals surface area (Å²) >= 11 is 0. The van der Waals surface area contributed by atoms with E-state index in [1.165, 1.54) is 38.5 Å². The predicted molar refractivity (Wildman–Crippen MR) is 95.4 cm³/mol. The van der Waals surface area contributed by atoms with Gasteiger partial charge in [0.1, 0.15) is 0 Å². The maximum absolute atomic E-state index is 10.9. The molecule has 0 saturated heterocycles. The van der Waals surface area contributed by atoms with Crippen molar-refractivity contribution < 1.29 is 47.6 Å². The zero-order chi connectivity index (χ0) is 17.6. The van der Waals surface area contributed by atoms with E-state index in [4.69, 9.17) is 0 Å². The summed E-state index contributed by atoms with van der Waals surface area (Å²) in [6.45, 7) is 4.33. The van der Waals surface area contributed by atoms with Crippen molar-refractivity contribution in [3.05, 3.63) is 0 Å². The van der Waals surface area contributed by atoms with E-state index in [-0.39, 0.29) is 35.5 Å². The molecule has 0 aliphatic rings. The van der Waals surface area contributed by atoms with Gasteiger partial charge in [-0.2, -0.15) is 0 Å². The molecule has 24 heavy (non-hydrogen) atoms. The Morgan fingerprint density at radius 3 is 1.62 bits per heavy atom. The molecule has 0 radical (unpaired) electrons. The Kier molecular flexibility index (Phi) is 19.5. The molecule has 0 aromatic heterocycles. The maximum Gasteiger partial charge on any atom is 1.00 e. The molecule has 2 unspecified atom stereocenters. The van der Waals surface area contributed by atoms with Crippen molar-refractivity contribution >= 4 is 10.1 Å². The summed E-state index contributed by atoms with van der Waals surface area (Å²) in [5.74, 6) is -0.689. The number of hydrogen-bond acceptors (Lipinski definition) is 4. The number of rotatable bonds is 16. The number of aliphatic hydroxyl groups excluding tert-OH is 1. The molecular formula is C18H37NaO4S. The van der Waals surface area contributed by atoms with E-state index < -0.39 is 22.0 Å². The first-order chi connectivity index (χ1) is 10.9. The average molecular weight is 373 g/mol. The van der Waals surface area contributed by atoms with Crippen LogP contribution < -0.4 is 29.6 Å². The molecule has 0 heterocycles. The molecule has 0 fully saturated rings. The van der Waals surface area contributed by atoms with Gasteiger partial charge in [-0.3, -0.25) is 0 Å². The minimum absolute atomic E-state index is 0. The van der Waals surface area contributed by atoms with Crippen LogP contribution in [0.2, 0.25) is 0 Å². The fourth-order valence-corrected chi connectivity index (χ4v) is 3.76. The molecule has 0 spiro atoms. The van der Waals surface area contributed by atoms with Crippen LogP contribution in [0.1, 0.15) is 97.3 Å². The molecule has 0 rings (SSSR count). The third-order valence-electron chi connectivity index (χ3n) is 4.53. The van der Waals surface area contributed by atoms with E-state index in [0.717, 1.165) is 44.9 Å². The Balaban J connectivity index is 0. The number of unbranched alkanes of at least 4 members (excludes halogenated alkanes) is 9. The van der Waals surface area contributed by atoms with Gasteiger partial charge in [-0.1, -0.05) is 84.5 Å². The molecule has 6 heteroatoms. The van der Waals surface area contributed by atoms with Crippen molar-refractivity contribution in [1.82, 2.24) is 0 Å². The molecule has 0 aromatic rings. The van der Waals surface area contributed by atoms with Crippen LogP contribution in [-0.4, -0.2) is 29.9 Å². The van der Waals surface area contributed by atoms with E-state index in [1.54, 1.807) is 0 Å². The molecule has 1 N–H and O–H groups in total. The second-order valence-electron chi connectivity index (χ2n) is 6.81. The standard InChI is InChI=1S/C18H38O4S.Na/c1-3-5-7-8-9-10-11-13-15-17(14-12-6-4-2)18(19)16-23(20,21)22;/h17-19H,3-16H2,1-2H3,(H,20,21,22);/q;+1/p-1. The van der Waals surface area contributed by atoms with Gasteiger partial charge < -0.3 is 9.66 Å². The molecule has 0 aliphatic carbocycles. The Morgan fingerprint density at radius 1 is 0.792 bits per heavy atom. The minimum atomic E-state index is -4.35. The molecule has 0 saturated carbocycles. The quantitative estimate of drug-likeness (QED) is 0.254. The van der Waals surface area contributed by atoms with E-state index in [2.05, 4.69) is 13.8 Å². The number of hydrogen-bond donors (Lipinski definition) is 1. The summed E-state index contributed by atoms with van der Waals surface area (Å²) in [6, 6.07) is 0. The van der Waals surface area contributed by atoms with Crippen LogP contribution in [0.3, 0.4) is 0 Å². The summed E-state index contributed by atoms with van der Waals surface area (Å²) in [5.41, 5.74) is 0. The summed E-state index contributed by atoms with van der Waals surface area (Å²) in [7, 11) is -4.35. The zero-order valence-corrected chi connectivity index (χ0v) is 19.0. The van der Waals surface area contributed by atoms with Crippen molar-refractivity contribution in [3.8, 4) is 0 Å². The van der Waals surface area contributed by atoms with Crippen LogP contribution >= 0.6 is 0 Å². The fourth-order valence-electron chi connectivity index (χ4n) is 3.07. The maximum atomic E-state index is 10.9. The molecule has 4 nitrogen and oxygen atoms in total. The Labute approximate surface area is 172 Å². The molecule has 2 atom stereocenters. The van der Waals surface area contributed by atoms with Crippen LogP contribution in [0.4, 0.5) is 0 Å². The van der Waals surface area contributed by atoms with Crippen LogP contribution in [0.5, 0.6) is 0 Å². The summed E-state index contributed by atoms with van der Waals surface area (Å²) < 4.78 is 32.6. The Hall–Kier alpha value is 0.870.